The first-order valence-corrected chi connectivity index (χ1v) is 7.75. The summed E-state index contributed by atoms with van der Waals surface area (Å²) in [6.45, 7) is 4.59. The van der Waals surface area contributed by atoms with Crippen molar-refractivity contribution in [3.05, 3.63) is 63.4 Å². The molecule has 0 saturated heterocycles. The monoisotopic (exact) mass is 351 g/mol. The van der Waals surface area contributed by atoms with Gasteiger partial charge in [0, 0.05) is 0 Å². The largest absolute Gasteiger partial charge is 0.492 e. The van der Waals surface area contributed by atoms with E-state index in [4.69, 9.17) is 10.5 Å². The van der Waals surface area contributed by atoms with Gasteiger partial charge >= 0.3 is 0 Å². The Kier molecular flexibility index (Phi) is 5.37. The van der Waals surface area contributed by atoms with Gasteiger partial charge < -0.3 is 10.5 Å². The van der Waals surface area contributed by atoms with Crippen LogP contribution in [0.3, 0.4) is 0 Å². The molecule has 112 valence electrons. The molecule has 4 heteroatoms. The molecule has 0 saturated carbocycles. The standard InChI is InChI=1S/C17H19BrFNO/c1-3-6-21-16-5-4-12(10-15(16)18)17(20)13-7-11(2)8-14(19)9-13/h4-5,7-10,17H,3,6,20H2,1-2H3. The average molecular weight is 352 g/mol. The van der Waals surface area contributed by atoms with Gasteiger partial charge in [0.2, 0.25) is 0 Å². The van der Waals surface area contributed by atoms with Gasteiger partial charge in [0.25, 0.3) is 0 Å². The van der Waals surface area contributed by atoms with Crippen molar-refractivity contribution in [2.45, 2.75) is 26.3 Å². The van der Waals surface area contributed by atoms with Crippen LogP contribution in [0.4, 0.5) is 4.39 Å². The highest BCUT2D eigenvalue weighted by Gasteiger charge is 2.12. The van der Waals surface area contributed by atoms with Gasteiger partial charge in [-0.1, -0.05) is 19.1 Å². The molecule has 2 rings (SSSR count). The lowest BCUT2D eigenvalue weighted by Crippen LogP contribution is -2.12. The zero-order valence-electron chi connectivity index (χ0n) is 12.2. The van der Waals surface area contributed by atoms with Gasteiger partial charge in [-0.05, 0) is 70.2 Å². The van der Waals surface area contributed by atoms with Gasteiger partial charge in [0.15, 0.2) is 0 Å². The fraction of sp³-hybridized carbons (Fsp3) is 0.294. The van der Waals surface area contributed by atoms with Gasteiger partial charge in [-0.25, -0.2) is 4.39 Å². The molecule has 0 bridgehead atoms. The topological polar surface area (TPSA) is 35.2 Å². The average Bonchev–Trinajstić information content (AvgIpc) is 2.44. The van der Waals surface area contributed by atoms with Crippen LogP contribution >= 0.6 is 15.9 Å². The Hall–Kier alpha value is -1.39. The van der Waals surface area contributed by atoms with Gasteiger partial charge in [-0.15, -0.1) is 0 Å². The number of halogens is 2. The Morgan fingerprint density at radius 2 is 1.95 bits per heavy atom. The van der Waals surface area contributed by atoms with Crippen LogP contribution in [0.25, 0.3) is 0 Å². The van der Waals surface area contributed by atoms with Crippen molar-refractivity contribution in [2.24, 2.45) is 5.73 Å². The van der Waals surface area contributed by atoms with E-state index in [-0.39, 0.29) is 11.9 Å². The maximum Gasteiger partial charge on any atom is 0.133 e. The summed E-state index contributed by atoms with van der Waals surface area (Å²) in [5.74, 6) is 0.533. The number of nitrogens with two attached hydrogens (primary N) is 1. The first kappa shape index (κ1) is 16.0. The summed E-state index contributed by atoms with van der Waals surface area (Å²) >= 11 is 3.49. The van der Waals surface area contributed by atoms with Crippen LogP contribution in [0.1, 0.15) is 36.1 Å². The molecule has 0 aromatic heterocycles. The molecule has 0 radical (unpaired) electrons. The molecular formula is C17H19BrFNO. The van der Waals surface area contributed by atoms with E-state index in [0.29, 0.717) is 6.61 Å². The number of aryl methyl sites for hydroxylation is 1. The first-order valence-electron chi connectivity index (χ1n) is 6.96. The van der Waals surface area contributed by atoms with Crippen LogP contribution < -0.4 is 10.5 Å². The molecule has 2 nitrogen and oxygen atoms in total. The Bertz CT molecular complexity index is 610. The highest BCUT2D eigenvalue weighted by Crippen LogP contribution is 2.30. The molecule has 0 aliphatic rings. The molecule has 2 aromatic rings. The van der Waals surface area contributed by atoms with E-state index >= 15 is 0 Å². The molecule has 2 N–H and O–H groups in total. The molecule has 0 fully saturated rings. The highest BCUT2D eigenvalue weighted by molar-refractivity contribution is 9.10. The Morgan fingerprint density at radius 3 is 2.57 bits per heavy atom. The third kappa shape index (κ3) is 4.05. The quantitative estimate of drug-likeness (QED) is 0.844. The van der Waals surface area contributed by atoms with E-state index in [1.165, 1.54) is 12.1 Å². The smallest absolute Gasteiger partial charge is 0.133 e. The predicted molar refractivity (Wildman–Crippen MR) is 87.1 cm³/mol. The molecule has 0 heterocycles. The first-order chi connectivity index (χ1) is 10.0. The van der Waals surface area contributed by atoms with Gasteiger partial charge in [-0.3, -0.25) is 0 Å². The van der Waals surface area contributed by atoms with Crippen molar-refractivity contribution in [2.75, 3.05) is 6.61 Å². The summed E-state index contributed by atoms with van der Waals surface area (Å²) in [7, 11) is 0. The van der Waals surface area contributed by atoms with Crippen LogP contribution in [-0.4, -0.2) is 6.61 Å². The Balaban J connectivity index is 2.26. The summed E-state index contributed by atoms with van der Waals surface area (Å²) in [4.78, 5) is 0. The predicted octanol–water partition coefficient (Wildman–Crippen LogP) is 4.73. The molecule has 0 spiro atoms. The second-order valence-corrected chi connectivity index (χ2v) is 5.93. The Morgan fingerprint density at radius 1 is 1.19 bits per heavy atom. The minimum absolute atomic E-state index is 0.262. The van der Waals surface area contributed by atoms with Crippen LogP contribution in [0, 0.1) is 12.7 Å². The van der Waals surface area contributed by atoms with E-state index in [0.717, 1.165) is 33.3 Å². The van der Waals surface area contributed by atoms with Crippen LogP contribution in [0.2, 0.25) is 0 Å². The van der Waals surface area contributed by atoms with Gasteiger partial charge in [0.05, 0.1) is 17.1 Å². The van der Waals surface area contributed by atoms with Crippen molar-refractivity contribution in [1.29, 1.82) is 0 Å². The molecule has 1 atom stereocenters. The van der Waals surface area contributed by atoms with E-state index in [9.17, 15) is 4.39 Å². The van der Waals surface area contributed by atoms with E-state index < -0.39 is 0 Å². The van der Waals surface area contributed by atoms with Crippen molar-refractivity contribution >= 4 is 15.9 Å². The van der Waals surface area contributed by atoms with Crippen molar-refractivity contribution < 1.29 is 9.13 Å². The zero-order chi connectivity index (χ0) is 15.4. The lowest BCUT2D eigenvalue weighted by atomic mass is 9.98. The molecule has 21 heavy (non-hydrogen) atoms. The highest BCUT2D eigenvalue weighted by atomic mass is 79.9. The third-order valence-corrected chi connectivity index (χ3v) is 3.82. The normalized spacial score (nSPS) is 12.2. The SMILES string of the molecule is CCCOc1ccc(C(N)c2cc(C)cc(F)c2)cc1Br. The van der Waals surface area contributed by atoms with Crippen LogP contribution in [-0.2, 0) is 0 Å². The molecule has 1 unspecified atom stereocenters. The van der Waals surface area contributed by atoms with Crippen LogP contribution in [0.15, 0.2) is 40.9 Å². The van der Waals surface area contributed by atoms with Crippen LogP contribution in [0.5, 0.6) is 5.75 Å². The lowest BCUT2D eigenvalue weighted by Gasteiger charge is -2.15. The number of rotatable bonds is 5. The third-order valence-electron chi connectivity index (χ3n) is 3.20. The molecule has 0 aliphatic carbocycles. The fourth-order valence-corrected chi connectivity index (χ4v) is 2.69. The van der Waals surface area contributed by atoms with E-state index in [1.54, 1.807) is 0 Å². The van der Waals surface area contributed by atoms with Crippen molar-refractivity contribution in [1.82, 2.24) is 0 Å². The second kappa shape index (κ2) is 7.05. The molecule has 2 aromatic carbocycles. The number of hydrogen-bond donors (Lipinski definition) is 1. The minimum atomic E-state index is -0.365. The maximum atomic E-state index is 13.5. The van der Waals surface area contributed by atoms with Crippen molar-refractivity contribution in [3.8, 4) is 5.75 Å². The molecule has 0 amide bonds. The fourth-order valence-electron chi connectivity index (χ4n) is 2.18. The zero-order valence-corrected chi connectivity index (χ0v) is 13.8. The number of ether oxygens (including phenoxy) is 1. The summed E-state index contributed by atoms with van der Waals surface area (Å²) in [5.41, 5.74) is 8.79. The molecule has 0 aliphatic heterocycles. The van der Waals surface area contributed by atoms with E-state index in [1.807, 2.05) is 31.2 Å². The lowest BCUT2D eigenvalue weighted by molar-refractivity contribution is 0.315. The van der Waals surface area contributed by atoms with Crippen molar-refractivity contribution in [3.63, 3.8) is 0 Å². The second-order valence-electron chi connectivity index (χ2n) is 5.08. The van der Waals surface area contributed by atoms with Gasteiger partial charge in [0.1, 0.15) is 11.6 Å². The summed E-state index contributed by atoms with van der Waals surface area (Å²) < 4.78 is 20.0. The van der Waals surface area contributed by atoms with E-state index in [2.05, 4.69) is 22.9 Å². The maximum absolute atomic E-state index is 13.5. The minimum Gasteiger partial charge on any atom is -0.492 e. The Labute approximate surface area is 133 Å². The summed E-state index contributed by atoms with van der Waals surface area (Å²) in [6.07, 6.45) is 0.955. The summed E-state index contributed by atoms with van der Waals surface area (Å²) in [5, 5.41) is 0. The summed E-state index contributed by atoms with van der Waals surface area (Å²) in [6, 6.07) is 10.2. The number of hydrogen-bond acceptors (Lipinski definition) is 2. The number of benzene rings is 2. The van der Waals surface area contributed by atoms with Gasteiger partial charge in [-0.2, -0.15) is 0 Å². The molecular weight excluding hydrogens is 333 g/mol.